The van der Waals surface area contributed by atoms with Gasteiger partial charge in [0.05, 0.1) is 11.6 Å². The summed E-state index contributed by atoms with van der Waals surface area (Å²) in [7, 11) is 1.67. The maximum absolute atomic E-state index is 5.15. The number of halogens is 1. The van der Waals surface area contributed by atoms with E-state index in [1.807, 2.05) is 6.07 Å². The molecule has 0 radical (unpaired) electrons. The Kier molecular flexibility index (Phi) is 5.37. The molecule has 0 heterocycles. The van der Waals surface area contributed by atoms with Crippen LogP contribution in [0.4, 0.5) is 0 Å². The van der Waals surface area contributed by atoms with Crippen molar-refractivity contribution in [2.24, 2.45) is 0 Å². The molecule has 0 aliphatic heterocycles. The molecule has 0 aliphatic carbocycles. The van der Waals surface area contributed by atoms with Crippen molar-refractivity contribution in [2.45, 2.75) is 6.42 Å². The van der Waals surface area contributed by atoms with Gasteiger partial charge in [-0.1, -0.05) is 6.07 Å². The average Bonchev–Trinajstić information content (AvgIpc) is 2.18. The van der Waals surface area contributed by atoms with Gasteiger partial charge in [-0.15, -0.1) is 0 Å². The summed E-state index contributed by atoms with van der Waals surface area (Å²) in [5.41, 5.74) is 1.28. The van der Waals surface area contributed by atoms with Gasteiger partial charge < -0.3 is 10.1 Å². The Morgan fingerprint density at radius 1 is 1.50 bits per heavy atom. The van der Waals surface area contributed by atoms with Crippen LogP contribution < -0.4 is 10.1 Å². The first-order chi connectivity index (χ1) is 6.77. The van der Waals surface area contributed by atoms with Gasteiger partial charge in [0.15, 0.2) is 0 Å². The highest BCUT2D eigenvalue weighted by atomic mass is 79.9. The second kappa shape index (κ2) is 6.32. The molecule has 1 N–H and O–H groups in total. The van der Waals surface area contributed by atoms with Crippen molar-refractivity contribution >= 4 is 28.6 Å². The molecule has 14 heavy (non-hydrogen) atoms. The number of ether oxygens (including phenoxy) is 1. The molecule has 78 valence electrons. The van der Waals surface area contributed by atoms with Gasteiger partial charge in [0.2, 0.25) is 0 Å². The number of hydrogen-bond donors (Lipinski definition) is 2. The monoisotopic (exact) mass is 275 g/mol. The number of methoxy groups -OCH3 is 1. The Labute approximate surface area is 98.6 Å². The minimum Gasteiger partial charge on any atom is -0.496 e. The van der Waals surface area contributed by atoms with E-state index in [2.05, 4.69) is 46.0 Å². The number of hydrogen-bond acceptors (Lipinski definition) is 3. The summed E-state index contributed by atoms with van der Waals surface area (Å²) < 4.78 is 6.15. The number of thiol groups is 1. The van der Waals surface area contributed by atoms with Crippen LogP contribution in [0.5, 0.6) is 5.75 Å². The summed E-state index contributed by atoms with van der Waals surface area (Å²) in [4.78, 5) is 0. The van der Waals surface area contributed by atoms with Gasteiger partial charge in [-0.05, 0) is 46.6 Å². The van der Waals surface area contributed by atoms with Gasteiger partial charge >= 0.3 is 0 Å². The fourth-order valence-electron chi connectivity index (χ4n) is 1.18. The Bertz CT molecular complexity index is 293. The minimum atomic E-state index is 0.720. The molecule has 0 unspecified atom stereocenters. The average molecular weight is 276 g/mol. The van der Waals surface area contributed by atoms with E-state index in [1.165, 1.54) is 5.56 Å². The molecular weight excluding hydrogens is 262 g/mol. The summed E-state index contributed by atoms with van der Waals surface area (Å²) in [6, 6.07) is 6.13. The van der Waals surface area contributed by atoms with Crippen LogP contribution in [0.25, 0.3) is 0 Å². The molecule has 0 saturated carbocycles. The lowest BCUT2D eigenvalue weighted by atomic mass is 10.1. The van der Waals surface area contributed by atoms with Crippen LogP contribution in [0, 0.1) is 0 Å². The second-order valence-electron chi connectivity index (χ2n) is 2.88. The predicted molar refractivity (Wildman–Crippen MR) is 66.3 cm³/mol. The summed E-state index contributed by atoms with van der Waals surface area (Å²) in [6.07, 6.45) is 1.00. The lowest BCUT2D eigenvalue weighted by Crippen LogP contribution is -2.14. The first kappa shape index (κ1) is 11.9. The zero-order valence-electron chi connectivity index (χ0n) is 8.09. The van der Waals surface area contributed by atoms with E-state index in [0.29, 0.717) is 0 Å². The molecule has 1 rings (SSSR count). The van der Waals surface area contributed by atoms with Crippen molar-refractivity contribution in [2.75, 3.05) is 19.5 Å². The Hall–Kier alpha value is -0.190. The molecule has 0 atom stereocenters. The standard InChI is InChI=1S/C10H14BrNOS/c1-13-10-3-2-8(6-9(10)11)4-5-12-7-14/h2-3,6,12,14H,4-5,7H2,1H3. The Morgan fingerprint density at radius 3 is 2.86 bits per heavy atom. The molecule has 1 aromatic carbocycles. The third kappa shape index (κ3) is 3.52. The minimum absolute atomic E-state index is 0.720. The van der Waals surface area contributed by atoms with Crippen molar-refractivity contribution in [3.8, 4) is 5.75 Å². The van der Waals surface area contributed by atoms with Crippen molar-refractivity contribution < 1.29 is 4.74 Å². The third-order valence-electron chi connectivity index (χ3n) is 1.92. The molecule has 2 nitrogen and oxygen atoms in total. The highest BCUT2D eigenvalue weighted by Gasteiger charge is 2.00. The quantitative estimate of drug-likeness (QED) is 0.490. The van der Waals surface area contributed by atoms with E-state index >= 15 is 0 Å². The van der Waals surface area contributed by atoms with Crippen LogP contribution >= 0.6 is 28.6 Å². The van der Waals surface area contributed by atoms with E-state index < -0.39 is 0 Å². The number of nitrogens with one attached hydrogen (secondary N) is 1. The van der Waals surface area contributed by atoms with Crippen LogP contribution in [0.3, 0.4) is 0 Å². The summed E-state index contributed by atoms with van der Waals surface area (Å²) >= 11 is 7.53. The fourth-order valence-corrected chi connectivity index (χ4v) is 1.92. The first-order valence-corrected chi connectivity index (χ1v) is 5.84. The molecule has 0 amide bonds. The zero-order chi connectivity index (χ0) is 10.4. The van der Waals surface area contributed by atoms with Gasteiger partial charge in [-0.25, -0.2) is 0 Å². The normalized spacial score (nSPS) is 10.2. The molecule has 0 aliphatic rings. The lowest BCUT2D eigenvalue weighted by Gasteiger charge is -2.06. The largest absolute Gasteiger partial charge is 0.496 e. The molecule has 4 heteroatoms. The van der Waals surface area contributed by atoms with E-state index in [4.69, 9.17) is 4.74 Å². The van der Waals surface area contributed by atoms with E-state index in [9.17, 15) is 0 Å². The SMILES string of the molecule is COc1ccc(CCNCS)cc1Br. The van der Waals surface area contributed by atoms with Crippen LogP contribution in [0.15, 0.2) is 22.7 Å². The fraction of sp³-hybridized carbons (Fsp3) is 0.400. The lowest BCUT2D eigenvalue weighted by molar-refractivity contribution is 0.412. The van der Waals surface area contributed by atoms with Crippen LogP contribution in [0.2, 0.25) is 0 Å². The highest BCUT2D eigenvalue weighted by Crippen LogP contribution is 2.25. The molecule has 1 aromatic rings. The molecular formula is C10H14BrNOS. The van der Waals surface area contributed by atoms with Crippen molar-refractivity contribution in [1.29, 1.82) is 0 Å². The molecule has 0 saturated heterocycles. The summed E-state index contributed by atoms with van der Waals surface area (Å²) in [5.74, 6) is 1.59. The van der Waals surface area contributed by atoms with E-state index in [-0.39, 0.29) is 0 Å². The van der Waals surface area contributed by atoms with Gasteiger partial charge in [-0.3, -0.25) is 0 Å². The van der Waals surface area contributed by atoms with Crippen molar-refractivity contribution in [1.82, 2.24) is 5.32 Å². The van der Waals surface area contributed by atoms with Gasteiger partial charge in [-0.2, -0.15) is 12.6 Å². The summed E-state index contributed by atoms with van der Waals surface area (Å²) in [5, 5.41) is 3.16. The summed E-state index contributed by atoms with van der Waals surface area (Å²) in [6.45, 7) is 0.947. The maximum Gasteiger partial charge on any atom is 0.133 e. The topological polar surface area (TPSA) is 21.3 Å². The van der Waals surface area contributed by atoms with Crippen LogP contribution in [-0.2, 0) is 6.42 Å². The molecule has 0 aromatic heterocycles. The highest BCUT2D eigenvalue weighted by molar-refractivity contribution is 9.10. The maximum atomic E-state index is 5.15. The smallest absolute Gasteiger partial charge is 0.133 e. The van der Waals surface area contributed by atoms with Gasteiger partial charge in [0.25, 0.3) is 0 Å². The number of rotatable bonds is 5. The molecule has 0 spiro atoms. The van der Waals surface area contributed by atoms with Crippen LogP contribution in [-0.4, -0.2) is 19.5 Å². The zero-order valence-corrected chi connectivity index (χ0v) is 10.6. The van der Waals surface area contributed by atoms with Gasteiger partial charge in [0.1, 0.15) is 5.75 Å². The van der Waals surface area contributed by atoms with E-state index in [1.54, 1.807) is 7.11 Å². The Balaban J connectivity index is 2.57. The second-order valence-corrected chi connectivity index (χ2v) is 4.05. The predicted octanol–water partition coefficient (Wildman–Crippen LogP) is 2.48. The van der Waals surface area contributed by atoms with Gasteiger partial charge in [0, 0.05) is 5.88 Å². The first-order valence-electron chi connectivity index (χ1n) is 4.42. The third-order valence-corrected chi connectivity index (χ3v) is 2.76. The molecule has 0 bridgehead atoms. The molecule has 0 fully saturated rings. The Morgan fingerprint density at radius 2 is 2.29 bits per heavy atom. The van der Waals surface area contributed by atoms with E-state index in [0.717, 1.165) is 29.1 Å². The van der Waals surface area contributed by atoms with Crippen molar-refractivity contribution in [3.63, 3.8) is 0 Å². The van der Waals surface area contributed by atoms with Crippen LogP contribution in [0.1, 0.15) is 5.56 Å². The van der Waals surface area contributed by atoms with Crippen molar-refractivity contribution in [3.05, 3.63) is 28.2 Å². The number of benzene rings is 1.